The van der Waals surface area contributed by atoms with Gasteiger partial charge in [-0.2, -0.15) is 5.10 Å². The number of aryl methyl sites for hydroxylation is 1. The molecule has 0 spiro atoms. The average molecular weight is 300 g/mol. The smallest absolute Gasteiger partial charge is 0.211 e. The summed E-state index contributed by atoms with van der Waals surface area (Å²) >= 11 is 0. The van der Waals surface area contributed by atoms with E-state index in [0.717, 1.165) is 18.7 Å². The number of hydrogen-bond acceptors (Lipinski definition) is 4. The molecule has 1 aromatic rings. The van der Waals surface area contributed by atoms with E-state index in [1.165, 1.54) is 12.8 Å². The molecule has 1 fully saturated rings. The maximum absolute atomic E-state index is 11.9. The Hall–Kier alpha value is -0.920. The van der Waals surface area contributed by atoms with Crippen LogP contribution in [0, 0.1) is 0 Å². The number of rotatable bonds is 7. The topological polar surface area (TPSA) is 76.0 Å². The first kappa shape index (κ1) is 15.5. The minimum absolute atomic E-state index is 0.201. The van der Waals surface area contributed by atoms with Crippen LogP contribution in [0.1, 0.15) is 31.4 Å². The van der Waals surface area contributed by atoms with E-state index in [-0.39, 0.29) is 5.75 Å². The summed E-state index contributed by atoms with van der Waals surface area (Å²) in [5.74, 6) is 0.201. The van der Waals surface area contributed by atoms with Gasteiger partial charge in [0, 0.05) is 32.3 Å². The van der Waals surface area contributed by atoms with Crippen molar-refractivity contribution < 1.29 is 8.42 Å². The molecule has 1 saturated heterocycles. The molecule has 0 saturated carbocycles. The number of aromatic nitrogens is 2. The zero-order valence-electron chi connectivity index (χ0n) is 12.0. The van der Waals surface area contributed by atoms with E-state index in [2.05, 4.69) is 15.1 Å². The maximum Gasteiger partial charge on any atom is 0.211 e. The van der Waals surface area contributed by atoms with Gasteiger partial charge in [0.15, 0.2) is 0 Å². The van der Waals surface area contributed by atoms with Gasteiger partial charge in [-0.05, 0) is 31.9 Å². The molecule has 0 aromatic carbocycles. The minimum Gasteiger partial charge on any atom is -0.314 e. The minimum atomic E-state index is -3.17. The summed E-state index contributed by atoms with van der Waals surface area (Å²) < 4.78 is 28.2. The van der Waals surface area contributed by atoms with Crippen LogP contribution in [0.3, 0.4) is 0 Å². The van der Waals surface area contributed by atoms with Crippen LogP contribution in [-0.4, -0.2) is 43.1 Å². The zero-order chi connectivity index (χ0) is 14.4. The standard InChI is InChI=1S/C13H24N4O2S/c1-17-10-6-13(16-17)5-9-15-20(18,19)11-7-12-4-2-3-8-14-12/h6,10,12,14-15H,2-5,7-9,11H2,1H3. The molecule has 1 aromatic heterocycles. The van der Waals surface area contributed by atoms with Crippen molar-refractivity contribution >= 4 is 10.0 Å². The van der Waals surface area contributed by atoms with E-state index in [1.807, 2.05) is 19.3 Å². The first-order chi connectivity index (χ1) is 9.55. The third-order valence-electron chi connectivity index (χ3n) is 3.62. The Morgan fingerprint density at radius 2 is 2.35 bits per heavy atom. The Labute approximate surface area is 121 Å². The molecule has 2 heterocycles. The zero-order valence-corrected chi connectivity index (χ0v) is 12.8. The Morgan fingerprint density at radius 1 is 1.50 bits per heavy atom. The van der Waals surface area contributed by atoms with Gasteiger partial charge in [0.2, 0.25) is 10.0 Å². The molecular weight excluding hydrogens is 276 g/mol. The van der Waals surface area contributed by atoms with Crippen LogP contribution in [0.15, 0.2) is 12.3 Å². The molecule has 7 heteroatoms. The largest absolute Gasteiger partial charge is 0.314 e. The molecule has 114 valence electrons. The monoisotopic (exact) mass is 300 g/mol. The third kappa shape index (κ3) is 5.22. The van der Waals surface area contributed by atoms with E-state index < -0.39 is 10.0 Å². The van der Waals surface area contributed by atoms with Gasteiger partial charge in [0.1, 0.15) is 0 Å². The number of piperidine rings is 1. The van der Waals surface area contributed by atoms with Crippen LogP contribution in [0.4, 0.5) is 0 Å². The molecule has 1 aliphatic heterocycles. The van der Waals surface area contributed by atoms with Crippen LogP contribution in [0.25, 0.3) is 0 Å². The number of nitrogens with zero attached hydrogens (tertiary/aromatic N) is 2. The predicted molar refractivity (Wildman–Crippen MR) is 79.0 cm³/mol. The molecule has 6 nitrogen and oxygen atoms in total. The van der Waals surface area contributed by atoms with Crippen molar-refractivity contribution in [2.45, 2.75) is 38.1 Å². The molecule has 0 radical (unpaired) electrons. The fourth-order valence-electron chi connectivity index (χ4n) is 2.47. The number of sulfonamides is 1. The van der Waals surface area contributed by atoms with E-state index >= 15 is 0 Å². The van der Waals surface area contributed by atoms with Gasteiger partial charge in [-0.25, -0.2) is 13.1 Å². The third-order valence-corrected chi connectivity index (χ3v) is 5.04. The highest BCUT2D eigenvalue weighted by atomic mass is 32.2. The van der Waals surface area contributed by atoms with Crippen LogP contribution >= 0.6 is 0 Å². The number of hydrogen-bond donors (Lipinski definition) is 2. The highest BCUT2D eigenvalue weighted by molar-refractivity contribution is 7.89. The van der Waals surface area contributed by atoms with Crippen LogP contribution in [0.2, 0.25) is 0 Å². The first-order valence-corrected chi connectivity index (χ1v) is 8.90. The fraction of sp³-hybridized carbons (Fsp3) is 0.769. The molecule has 2 N–H and O–H groups in total. The van der Waals surface area contributed by atoms with Crippen molar-refractivity contribution in [1.29, 1.82) is 0 Å². The lowest BCUT2D eigenvalue weighted by Crippen LogP contribution is -2.37. The van der Waals surface area contributed by atoms with Gasteiger partial charge in [0.05, 0.1) is 11.4 Å². The summed E-state index contributed by atoms with van der Waals surface area (Å²) in [6.45, 7) is 1.43. The Bertz CT molecular complexity index is 506. The summed E-state index contributed by atoms with van der Waals surface area (Å²) in [6.07, 6.45) is 6.67. The van der Waals surface area contributed by atoms with Crippen molar-refractivity contribution in [2.24, 2.45) is 7.05 Å². The molecule has 1 aliphatic rings. The summed E-state index contributed by atoms with van der Waals surface area (Å²) in [5, 5.41) is 7.59. The molecule has 1 atom stereocenters. The maximum atomic E-state index is 11.9. The number of nitrogens with one attached hydrogen (secondary N) is 2. The summed E-state index contributed by atoms with van der Waals surface area (Å²) in [6, 6.07) is 2.26. The lowest BCUT2D eigenvalue weighted by Gasteiger charge is -2.23. The van der Waals surface area contributed by atoms with Gasteiger partial charge in [-0.15, -0.1) is 0 Å². The van der Waals surface area contributed by atoms with Crippen molar-refractivity contribution in [2.75, 3.05) is 18.8 Å². The summed E-state index contributed by atoms with van der Waals surface area (Å²) in [4.78, 5) is 0. The summed E-state index contributed by atoms with van der Waals surface area (Å²) in [7, 11) is -1.32. The van der Waals surface area contributed by atoms with Gasteiger partial charge >= 0.3 is 0 Å². The lowest BCUT2D eigenvalue weighted by atomic mass is 10.0. The molecule has 0 bridgehead atoms. The SMILES string of the molecule is Cn1ccc(CCNS(=O)(=O)CCC2CCCCN2)n1. The van der Waals surface area contributed by atoms with E-state index in [4.69, 9.17) is 0 Å². The van der Waals surface area contributed by atoms with Crippen molar-refractivity contribution in [3.05, 3.63) is 18.0 Å². The first-order valence-electron chi connectivity index (χ1n) is 7.24. The second-order valence-corrected chi connectivity index (χ2v) is 7.31. The molecule has 20 heavy (non-hydrogen) atoms. The fourth-order valence-corrected chi connectivity index (χ4v) is 3.62. The molecule has 0 amide bonds. The van der Waals surface area contributed by atoms with Crippen LogP contribution in [-0.2, 0) is 23.5 Å². The quantitative estimate of drug-likeness (QED) is 0.765. The van der Waals surface area contributed by atoms with Crippen molar-refractivity contribution in [1.82, 2.24) is 19.8 Å². The second kappa shape index (κ2) is 7.19. The average Bonchev–Trinajstić information content (AvgIpc) is 2.83. The predicted octanol–water partition coefficient (Wildman–Crippen LogP) is 0.414. The Morgan fingerprint density at radius 3 is 3.00 bits per heavy atom. The van der Waals surface area contributed by atoms with Crippen molar-refractivity contribution in [3.63, 3.8) is 0 Å². The molecule has 2 rings (SSSR count). The highest BCUT2D eigenvalue weighted by Gasteiger charge is 2.17. The molecule has 0 aliphatic carbocycles. The Kier molecular flexibility index (Phi) is 5.56. The van der Waals surface area contributed by atoms with Gasteiger partial charge in [-0.1, -0.05) is 6.42 Å². The molecular formula is C13H24N4O2S. The van der Waals surface area contributed by atoms with Gasteiger partial charge in [0.25, 0.3) is 0 Å². The molecule has 1 unspecified atom stereocenters. The van der Waals surface area contributed by atoms with E-state index in [0.29, 0.717) is 25.4 Å². The Balaban J connectivity index is 1.67. The normalized spacial score (nSPS) is 20.1. The lowest BCUT2D eigenvalue weighted by molar-refractivity contribution is 0.392. The van der Waals surface area contributed by atoms with Crippen LogP contribution < -0.4 is 10.0 Å². The second-order valence-electron chi connectivity index (χ2n) is 5.38. The van der Waals surface area contributed by atoms with Gasteiger partial charge < -0.3 is 5.32 Å². The highest BCUT2D eigenvalue weighted by Crippen LogP contribution is 2.10. The van der Waals surface area contributed by atoms with E-state index in [1.54, 1.807) is 4.68 Å². The summed E-state index contributed by atoms with van der Waals surface area (Å²) in [5.41, 5.74) is 0.907. The van der Waals surface area contributed by atoms with Gasteiger partial charge in [-0.3, -0.25) is 4.68 Å². The van der Waals surface area contributed by atoms with E-state index in [9.17, 15) is 8.42 Å². The van der Waals surface area contributed by atoms with Crippen LogP contribution in [0.5, 0.6) is 0 Å². The van der Waals surface area contributed by atoms with Crippen molar-refractivity contribution in [3.8, 4) is 0 Å².